The summed E-state index contributed by atoms with van der Waals surface area (Å²) in [5.41, 5.74) is 1.98. The number of hydrogen-bond acceptors (Lipinski definition) is 4. The molecule has 0 heterocycles. The number of phenolic OH excluding ortho intramolecular Hbond substituents is 1. The topological polar surface area (TPSA) is 80.4 Å². The largest absolute Gasteiger partial charge is 0.507 e. The van der Waals surface area contributed by atoms with Gasteiger partial charge in [-0.15, -0.1) is 0 Å². The number of phenols is 1. The zero-order valence-corrected chi connectivity index (χ0v) is 14.2. The molecule has 0 atom stereocenters. The van der Waals surface area contributed by atoms with Crippen LogP contribution in [0.15, 0.2) is 36.4 Å². The fraction of sp³-hybridized carbons (Fsp3) is 0.316. The standard InChI is InChI=1S/C19H21NO4/c1-11(2)16-9-14(10-17(12(3)4)19(16)22)18(21)13-6-5-7-15(8-13)20(23)24/h5-12,22H,1-4H3. The van der Waals surface area contributed by atoms with Crippen LogP contribution in [-0.4, -0.2) is 15.8 Å². The Hall–Kier alpha value is -2.69. The number of hydrogen-bond donors (Lipinski definition) is 1. The lowest BCUT2D eigenvalue weighted by Gasteiger charge is -2.17. The molecule has 0 saturated heterocycles. The molecule has 0 bridgehead atoms. The van der Waals surface area contributed by atoms with Crippen LogP contribution in [0.5, 0.6) is 5.75 Å². The molecule has 2 aromatic carbocycles. The number of carbonyl (C=O) groups excluding carboxylic acids is 1. The van der Waals surface area contributed by atoms with Crippen LogP contribution in [0.1, 0.15) is 66.6 Å². The number of nitrogens with zero attached hydrogens (tertiary/aromatic N) is 1. The van der Waals surface area contributed by atoms with Gasteiger partial charge in [0.25, 0.3) is 5.69 Å². The first-order valence-electron chi connectivity index (χ1n) is 7.88. The predicted octanol–water partition coefficient (Wildman–Crippen LogP) is 4.78. The lowest BCUT2D eigenvalue weighted by atomic mass is 9.89. The van der Waals surface area contributed by atoms with E-state index in [2.05, 4.69) is 0 Å². The molecular formula is C19H21NO4. The molecule has 1 N–H and O–H groups in total. The van der Waals surface area contributed by atoms with E-state index in [1.54, 1.807) is 18.2 Å². The third-order valence-electron chi connectivity index (χ3n) is 3.99. The molecule has 0 amide bonds. The third kappa shape index (κ3) is 3.45. The van der Waals surface area contributed by atoms with E-state index in [0.717, 1.165) is 0 Å². The first-order valence-corrected chi connectivity index (χ1v) is 7.88. The molecule has 0 aromatic heterocycles. The maximum atomic E-state index is 12.8. The molecule has 5 nitrogen and oxygen atoms in total. The second-order valence-corrected chi connectivity index (χ2v) is 6.45. The molecule has 126 valence electrons. The van der Waals surface area contributed by atoms with Crippen molar-refractivity contribution < 1.29 is 14.8 Å². The van der Waals surface area contributed by atoms with E-state index in [-0.39, 0.29) is 34.6 Å². The maximum absolute atomic E-state index is 12.8. The molecule has 0 unspecified atom stereocenters. The number of aromatic hydroxyl groups is 1. The average molecular weight is 327 g/mol. The quantitative estimate of drug-likeness (QED) is 0.487. The third-order valence-corrected chi connectivity index (χ3v) is 3.99. The van der Waals surface area contributed by atoms with E-state index in [0.29, 0.717) is 16.7 Å². The van der Waals surface area contributed by atoms with Crippen molar-refractivity contribution >= 4 is 11.5 Å². The molecule has 0 spiro atoms. The van der Waals surface area contributed by atoms with Crippen molar-refractivity contribution in [1.82, 2.24) is 0 Å². The highest BCUT2D eigenvalue weighted by atomic mass is 16.6. The normalized spacial score (nSPS) is 11.1. The number of rotatable bonds is 5. The van der Waals surface area contributed by atoms with Crippen molar-refractivity contribution in [2.75, 3.05) is 0 Å². The van der Waals surface area contributed by atoms with Gasteiger partial charge in [0.05, 0.1) is 4.92 Å². The van der Waals surface area contributed by atoms with Crippen LogP contribution < -0.4 is 0 Å². The number of non-ortho nitro benzene ring substituents is 1. The summed E-state index contributed by atoms with van der Waals surface area (Å²) in [5.74, 6) is 0.0406. The second kappa shape index (κ2) is 6.83. The molecule has 0 saturated carbocycles. The van der Waals surface area contributed by atoms with Crippen LogP contribution in [0.2, 0.25) is 0 Å². The minimum absolute atomic E-state index is 0.0559. The molecule has 0 fully saturated rings. The SMILES string of the molecule is CC(C)c1cc(C(=O)c2cccc([N+](=O)[O-])c2)cc(C(C)C)c1O. The summed E-state index contributed by atoms with van der Waals surface area (Å²) < 4.78 is 0. The summed E-state index contributed by atoms with van der Waals surface area (Å²) in [4.78, 5) is 23.2. The summed E-state index contributed by atoms with van der Waals surface area (Å²) in [6.07, 6.45) is 0. The van der Waals surface area contributed by atoms with Crippen molar-refractivity contribution in [3.8, 4) is 5.75 Å². The van der Waals surface area contributed by atoms with E-state index in [1.807, 2.05) is 27.7 Å². The van der Waals surface area contributed by atoms with Gasteiger partial charge >= 0.3 is 0 Å². The number of nitro groups is 1. The van der Waals surface area contributed by atoms with Crippen LogP contribution in [0, 0.1) is 10.1 Å². The number of benzene rings is 2. The molecule has 0 radical (unpaired) electrons. The smallest absolute Gasteiger partial charge is 0.270 e. The Bertz CT molecular complexity index is 765. The Kier molecular flexibility index (Phi) is 5.02. The van der Waals surface area contributed by atoms with E-state index >= 15 is 0 Å². The van der Waals surface area contributed by atoms with E-state index in [1.165, 1.54) is 18.2 Å². The minimum Gasteiger partial charge on any atom is -0.507 e. The maximum Gasteiger partial charge on any atom is 0.270 e. The predicted molar refractivity (Wildman–Crippen MR) is 92.8 cm³/mol. The summed E-state index contributed by atoms with van der Waals surface area (Å²) >= 11 is 0. The van der Waals surface area contributed by atoms with Crippen molar-refractivity contribution in [3.05, 3.63) is 68.8 Å². The van der Waals surface area contributed by atoms with Gasteiger partial charge in [-0.3, -0.25) is 14.9 Å². The Morgan fingerprint density at radius 2 is 1.54 bits per heavy atom. The average Bonchev–Trinajstić information content (AvgIpc) is 2.53. The summed E-state index contributed by atoms with van der Waals surface area (Å²) in [6.45, 7) is 7.78. The first-order chi connectivity index (χ1) is 11.2. The van der Waals surface area contributed by atoms with Gasteiger partial charge in [-0.1, -0.05) is 39.8 Å². The van der Waals surface area contributed by atoms with Gasteiger partial charge in [0.15, 0.2) is 5.78 Å². The summed E-state index contributed by atoms with van der Waals surface area (Å²) in [7, 11) is 0. The van der Waals surface area contributed by atoms with Crippen LogP contribution in [0.3, 0.4) is 0 Å². The van der Waals surface area contributed by atoms with E-state index in [4.69, 9.17) is 0 Å². The second-order valence-electron chi connectivity index (χ2n) is 6.45. The highest BCUT2D eigenvalue weighted by Crippen LogP contribution is 2.35. The molecular weight excluding hydrogens is 306 g/mol. The zero-order valence-electron chi connectivity index (χ0n) is 14.2. The molecule has 0 aliphatic heterocycles. The molecule has 2 rings (SSSR count). The monoisotopic (exact) mass is 327 g/mol. The fourth-order valence-corrected chi connectivity index (χ4v) is 2.62. The Morgan fingerprint density at radius 1 is 1.00 bits per heavy atom. The molecule has 24 heavy (non-hydrogen) atoms. The minimum atomic E-state index is -0.521. The lowest BCUT2D eigenvalue weighted by Crippen LogP contribution is -2.06. The zero-order chi connectivity index (χ0) is 18.0. The van der Waals surface area contributed by atoms with Gasteiger partial charge in [0.2, 0.25) is 0 Å². The van der Waals surface area contributed by atoms with Crippen LogP contribution in [-0.2, 0) is 0 Å². The van der Waals surface area contributed by atoms with Gasteiger partial charge in [0, 0.05) is 23.3 Å². The number of ketones is 1. The van der Waals surface area contributed by atoms with Crippen LogP contribution in [0.25, 0.3) is 0 Å². The molecule has 0 aliphatic carbocycles. The molecule has 0 aliphatic rings. The highest BCUT2D eigenvalue weighted by molar-refractivity contribution is 6.09. The van der Waals surface area contributed by atoms with E-state index in [9.17, 15) is 20.0 Å². The van der Waals surface area contributed by atoms with Crippen LogP contribution >= 0.6 is 0 Å². The fourth-order valence-electron chi connectivity index (χ4n) is 2.62. The lowest BCUT2D eigenvalue weighted by molar-refractivity contribution is -0.384. The van der Waals surface area contributed by atoms with Gasteiger partial charge in [-0.25, -0.2) is 0 Å². The highest BCUT2D eigenvalue weighted by Gasteiger charge is 2.20. The Labute approximate surface area is 141 Å². The molecule has 5 heteroatoms. The number of nitro benzene ring substituents is 1. The molecule has 2 aromatic rings. The van der Waals surface area contributed by atoms with E-state index < -0.39 is 4.92 Å². The van der Waals surface area contributed by atoms with Crippen molar-refractivity contribution in [1.29, 1.82) is 0 Å². The van der Waals surface area contributed by atoms with Gasteiger partial charge in [-0.05, 0) is 35.1 Å². The van der Waals surface area contributed by atoms with Crippen molar-refractivity contribution in [2.45, 2.75) is 39.5 Å². The van der Waals surface area contributed by atoms with Gasteiger partial charge in [0.1, 0.15) is 5.75 Å². The Balaban J connectivity index is 2.57. The van der Waals surface area contributed by atoms with Crippen LogP contribution in [0.4, 0.5) is 5.69 Å². The van der Waals surface area contributed by atoms with Gasteiger partial charge < -0.3 is 5.11 Å². The van der Waals surface area contributed by atoms with Crippen molar-refractivity contribution in [3.63, 3.8) is 0 Å². The Morgan fingerprint density at radius 3 is 2.00 bits per heavy atom. The summed E-state index contributed by atoms with van der Waals surface area (Å²) in [6, 6.07) is 9.04. The first kappa shape index (κ1) is 17.7. The number of carbonyl (C=O) groups is 1. The van der Waals surface area contributed by atoms with Gasteiger partial charge in [-0.2, -0.15) is 0 Å². The summed E-state index contributed by atoms with van der Waals surface area (Å²) in [5, 5.41) is 21.3. The van der Waals surface area contributed by atoms with Crippen molar-refractivity contribution in [2.24, 2.45) is 0 Å².